The Balaban J connectivity index is 2.69. The van der Waals surface area contributed by atoms with Crippen molar-refractivity contribution in [3.05, 3.63) is 0 Å². The maximum Gasteiger partial charge on any atom is 0.243 e. The van der Waals surface area contributed by atoms with Gasteiger partial charge in [0.05, 0.1) is 6.04 Å². The van der Waals surface area contributed by atoms with E-state index in [1.807, 2.05) is 13.8 Å². The lowest BCUT2D eigenvalue weighted by Gasteiger charge is -2.29. The molecule has 1 fully saturated rings. The lowest BCUT2D eigenvalue weighted by atomic mass is 10.0. The Bertz CT molecular complexity index is 360. The van der Waals surface area contributed by atoms with E-state index in [2.05, 4.69) is 12.2 Å². The summed E-state index contributed by atoms with van der Waals surface area (Å²) in [5.41, 5.74) is 5.44. The molecule has 2 amide bonds. The third-order valence-electron chi connectivity index (χ3n) is 4.18. The van der Waals surface area contributed by atoms with Crippen molar-refractivity contribution in [1.29, 1.82) is 0 Å². The van der Waals surface area contributed by atoms with Gasteiger partial charge in [-0.3, -0.25) is 9.59 Å². The smallest absolute Gasteiger partial charge is 0.243 e. The molecule has 122 valence electrons. The number of nitrogens with two attached hydrogens (primary N) is 1. The Morgan fingerprint density at radius 2 is 2.10 bits per heavy atom. The maximum absolute atomic E-state index is 12.4. The number of hydrogen-bond donors (Lipinski definition) is 3. The number of carbonyl (C=O) groups is 2. The van der Waals surface area contributed by atoms with E-state index in [1.165, 1.54) is 0 Å². The molecule has 4 atom stereocenters. The largest absolute Gasteiger partial charge is 0.377 e. The molecule has 0 unspecified atom stereocenters. The Kier molecular flexibility index (Phi) is 7.11. The van der Waals surface area contributed by atoms with E-state index in [1.54, 1.807) is 4.90 Å². The summed E-state index contributed by atoms with van der Waals surface area (Å²) in [6.07, 6.45) is 2.62. The van der Waals surface area contributed by atoms with Crippen molar-refractivity contribution in [3.63, 3.8) is 0 Å². The highest BCUT2D eigenvalue weighted by atomic mass is 16.3. The number of likely N-dealkylation sites (tertiary alicyclic amines) is 1. The van der Waals surface area contributed by atoms with Gasteiger partial charge in [0, 0.05) is 13.0 Å². The van der Waals surface area contributed by atoms with E-state index in [0.29, 0.717) is 31.7 Å². The molecular formula is C15H29N3O3. The molecule has 0 bridgehead atoms. The van der Waals surface area contributed by atoms with Crippen LogP contribution in [-0.4, -0.2) is 46.7 Å². The lowest BCUT2D eigenvalue weighted by molar-refractivity contribution is -0.138. The monoisotopic (exact) mass is 299 g/mol. The molecular weight excluding hydrogens is 270 g/mol. The standard InChI is InChI=1S/C15H29N3O3/c1-4-7-10-8-13(19)18(9-10)12(6-3)15(21)17-11(5-2)14(16)20/h10-12,14,20H,4-9,16H2,1-3H3,(H,17,21)/t10-,11+,12+,14+/m1/s1. The summed E-state index contributed by atoms with van der Waals surface area (Å²) in [6, 6.07) is -0.942. The first kappa shape index (κ1) is 17.9. The zero-order valence-corrected chi connectivity index (χ0v) is 13.3. The van der Waals surface area contributed by atoms with Crippen molar-refractivity contribution in [2.75, 3.05) is 6.54 Å². The zero-order valence-electron chi connectivity index (χ0n) is 13.3. The molecule has 0 aliphatic carbocycles. The molecule has 4 N–H and O–H groups in total. The number of aliphatic hydroxyl groups is 1. The predicted molar refractivity (Wildman–Crippen MR) is 81.2 cm³/mol. The highest BCUT2D eigenvalue weighted by Gasteiger charge is 2.36. The normalized spacial score (nSPS) is 23.0. The lowest BCUT2D eigenvalue weighted by Crippen LogP contribution is -2.54. The van der Waals surface area contributed by atoms with Crippen LogP contribution in [0.4, 0.5) is 0 Å². The predicted octanol–water partition coefficient (Wildman–Crippen LogP) is 0.586. The van der Waals surface area contributed by atoms with Gasteiger partial charge < -0.3 is 21.1 Å². The summed E-state index contributed by atoms with van der Waals surface area (Å²) in [6.45, 7) is 6.50. The van der Waals surface area contributed by atoms with E-state index < -0.39 is 18.3 Å². The maximum atomic E-state index is 12.4. The van der Waals surface area contributed by atoms with Crippen molar-refractivity contribution in [2.24, 2.45) is 11.7 Å². The fraction of sp³-hybridized carbons (Fsp3) is 0.867. The molecule has 0 saturated carbocycles. The molecule has 1 rings (SSSR count). The second-order valence-corrected chi connectivity index (χ2v) is 5.84. The third-order valence-corrected chi connectivity index (χ3v) is 4.18. The van der Waals surface area contributed by atoms with Crippen molar-refractivity contribution in [3.8, 4) is 0 Å². The van der Waals surface area contributed by atoms with Gasteiger partial charge in [0.1, 0.15) is 12.3 Å². The second kappa shape index (κ2) is 8.34. The van der Waals surface area contributed by atoms with Crippen LogP contribution in [0.1, 0.15) is 52.9 Å². The Morgan fingerprint density at radius 1 is 1.43 bits per heavy atom. The minimum atomic E-state index is -1.08. The van der Waals surface area contributed by atoms with Crippen molar-refractivity contribution >= 4 is 11.8 Å². The first-order valence-electron chi connectivity index (χ1n) is 7.97. The van der Waals surface area contributed by atoms with Crippen LogP contribution in [-0.2, 0) is 9.59 Å². The van der Waals surface area contributed by atoms with E-state index in [-0.39, 0.29) is 11.8 Å². The zero-order chi connectivity index (χ0) is 16.0. The molecule has 1 heterocycles. The fourth-order valence-corrected chi connectivity index (χ4v) is 2.97. The van der Waals surface area contributed by atoms with Crippen LogP contribution in [0.3, 0.4) is 0 Å². The molecule has 21 heavy (non-hydrogen) atoms. The summed E-state index contributed by atoms with van der Waals surface area (Å²) < 4.78 is 0. The number of rotatable bonds is 8. The van der Waals surface area contributed by atoms with Crippen molar-refractivity contribution in [1.82, 2.24) is 10.2 Å². The second-order valence-electron chi connectivity index (χ2n) is 5.84. The summed E-state index contributed by atoms with van der Waals surface area (Å²) in [7, 11) is 0. The molecule has 6 nitrogen and oxygen atoms in total. The number of carbonyl (C=O) groups excluding carboxylic acids is 2. The molecule has 0 aromatic rings. The van der Waals surface area contributed by atoms with E-state index in [9.17, 15) is 14.7 Å². The van der Waals surface area contributed by atoms with E-state index in [4.69, 9.17) is 5.73 Å². The highest BCUT2D eigenvalue weighted by Crippen LogP contribution is 2.25. The number of hydrogen-bond acceptors (Lipinski definition) is 4. The number of amides is 2. The number of nitrogens with zero attached hydrogens (tertiary/aromatic N) is 1. The van der Waals surface area contributed by atoms with E-state index >= 15 is 0 Å². The van der Waals surface area contributed by atoms with Gasteiger partial charge in [-0.15, -0.1) is 0 Å². The van der Waals surface area contributed by atoms with Gasteiger partial charge in [0.25, 0.3) is 0 Å². The van der Waals surface area contributed by atoms with Gasteiger partial charge in [-0.05, 0) is 25.2 Å². The fourth-order valence-electron chi connectivity index (χ4n) is 2.97. The molecule has 6 heteroatoms. The van der Waals surface area contributed by atoms with E-state index in [0.717, 1.165) is 12.8 Å². The first-order valence-corrected chi connectivity index (χ1v) is 7.97. The van der Waals surface area contributed by atoms with Crippen LogP contribution in [0.25, 0.3) is 0 Å². The summed E-state index contributed by atoms with van der Waals surface area (Å²) >= 11 is 0. The van der Waals surface area contributed by atoms with Crippen molar-refractivity contribution < 1.29 is 14.7 Å². The number of aliphatic hydroxyl groups excluding tert-OH is 1. The minimum Gasteiger partial charge on any atom is -0.377 e. The van der Waals surface area contributed by atoms with Crippen molar-refractivity contribution in [2.45, 2.75) is 71.2 Å². The van der Waals surface area contributed by atoms with Crippen LogP contribution in [0.5, 0.6) is 0 Å². The molecule has 0 aromatic carbocycles. The van der Waals surface area contributed by atoms with Crippen LogP contribution >= 0.6 is 0 Å². The Labute approximate surface area is 127 Å². The Morgan fingerprint density at radius 3 is 2.57 bits per heavy atom. The van der Waals surface area contributed by atoms with Gasteiger partial charge in [-0.1, -0.05) is 27.2 Å². The van der Waals surface area contributed by atoms with Gasteiger partial charge in [-0.25, -0.2) is 0 Å². The topological polar surface area (TPSA) is 95.7 Å². The molecule has 0 spiro atoms. The van der Waals surface area contributed by atoms with Gasteiger partial charge in [0.15, 0.2) is 0 Å². The van der Waals surface area contributed by atoms with Crippen LogP contribution < -0.4 is 11.1 Å². The van der Waals surface area contributed by atoms with Crippen LogP contribution in [0.2, 0.25) is 0 Å². The van der Waals surface area contributed by atoms with Gasteiger partial charge in [0.2, 0.25) is 11.8 Å². The first-order chi connectivity index (χ1) is 9.94. The summed E-state index contributed by atoms with van der Waals surface area (Å²) in [5, 5.41) is 12.2. The van der Waals surface area contributed by atoms with Crippen LogP contribution in [0.15, 0.2) is 0 Å². The molecule has 1 aliphatic heterocycles. The molecule has 0 aromatic heterocycles. The number of nitrogens with one attached hydrogen (secondary N) is 1. The quantitative estimate of drug-likeness (QED) is 0.571. The molecule has 0 radical (unpaired) electrons. The molecule has 1 saturated heterocycles. The molecule has 1 aliphatic rings. The summed E-state index contributed by atoms with van der Waals surface area (Å²) in [4.78, 5) is 26.2. The third kappa shape index (κ3) is 4.68. The average molecular weight is 299 g/mol. The average Bonchev–Trinajstić information content (AvgIpc) is 2.78. The summed E-state index contributed by atoms with van der Waals surface area (Å²) in [5.74, 6) is 0.183. The SMILES string of the molecule is CCC[C@@H]1CC(=O)N([C@@H](CC)C(=O)N[C@@H](CC)[C@@H](N)O)C1. The highest BCUT2D eigenvalue weighted by molar-refractivity contribution is 5.88. The van der Waals surface area contributed by atoms with Gasteiger partial charge >= 0.3 is 0 Å². The van der Waals surface area contributed by atoms with Crippen LogP contribution in [0, 0.1) is 5.92 Å². The van der Waals surface area contributed by atoms with Gasteiger partial charge in [-0.2, -0.15) is 0 Å². The Hall–Kier alpha value is -1.14. The minimum absolute atomic E-state index is 0.0526.